The van der Waals surface area contributed by atoms with E-state index in [-0.39, 0.29) is 18.5 Å². The first kappa shape index (κ1) is 22.2. The normalized spacial score (nSPS) is 21.1. The molecule has 7 nitrogen and oxygen atoms in total. The van der Waals surface area contributed by atoms with E-state index in [1.54, 1.807) is 25.6 Å². The smallest absolute Gasteiger partial charge is 0.174 e. The van der Waals surface area contributed by atoms with Crippen LogP contribution in [-0.2, 0) is 4.84 Å². The van der Waals surface area contributed by atoms with Gasteiger partial charge in [0.15, 0.2) is 11.9 Å². The topological polar surface area (TPSA) is 72.1 Å². The fraction of sp³-hybridized carbons (Fsp3) is 0.308. The minimum absolute atomic E-state index is 0.180. The molecule has 0 aliphatic carbocycles. The van der Waals surface area contributed by atoms with Gasteiger partial charge in [0.05, 0.1) is 37.5 Å². The van der Waals surface area contributed by atoms with Crippen molar-refractivity contribution in [1.82, 2.24) is 14.5 Å². The molecule has 0 radical (unpaired) electrons. The molecule has 5 rings (SSSR count). The quantitative estimate of drug-likeness (QED) is 0.614. The Hall–Kier alpha value is -3.65. The van der Waals surface area contributed by atoms with Crippen LogP contribution >= 0.6 is 0 Å². The average Bonchev–Trinajstić information content (AvgIpc) is 3.30. The maximum absolute atomic E-state index is 13.5. The molecular formula is C26H27FN4O3. The first-order valence-corrected chi connectivity index (χ1v) is 11.3. The zero-order valence-corrected chi connectivity index (χ0v) is 19.2. The number of aliphatic hydroxyl groups excluding tert-OH is 1. The van der Waals surface area contributed by atoms with E-state index in [1.807, 2.05) is 35.9 Å². The van der Waals surface area contributed by atoms with E-state index >= 15 is 0 Å². The van der Waals surface area contributed by atoms with Crippen LogP contribution in [0.4, 0.5) is 4.39 Å². The first-order chi connectivity index (χ1) is 16.6. The molecule has 1 aromatic heterocycles. The van der Waals surface area contributed by atoms with Crippen molar-refractivity contribution in [2.24, 2.45) is 5.16 Å². The highest BCUT2D eigenvalue weighted by Crippen LogP contribution is 2.36. The lowest BCUT2D eigenvalue weighted by atomic mass is 9.93. The predicted molar refractivity (Wildman–Crippen MR) is 127 cm³/mol. The number of aromatic nitrogens is 2. The number of ether oxygens (including phenoxy) is 1. The summed E-state index contributed by atoms with van der Waals surface area (Å²) in [6.45, 7) is 2.55. The highest BCUT2D eigenvalue weighted by atomic mass is 19.1. The summed E-state index contributed by atoms with van der Waals surface area (Å²) in [5, 5.41) is 14.3. The molecule has 3 aromatic rings. The van der Waals surface area contributed by atoms with Crippen molar-refractivity contribution in [2.45, 2.75) is 31.9 Å². The Morgan fingerprint density at radius 2 is 2.06 bits per heavy atom. The molecule has 0 bridgehead atoms. The Labute approximate surface area is 197 Å². The Bertz CT molecular complexity index is 1240. The number of hydrogen-bond acceptors (Lipinski definition) is 6. The maximum atomic E-state index is 13.5. The highest BCUT2D eigenvalue weighted by Gasteiger charge is 2.39. The zero-order valence-electron chi connectivity index (χ0n) is 19.2. The minimum Gasteiger partial charge on any atom is -0.495 e. The van der Waals surface area contributed by atoms with Gasteiger partial charge in [0.25, 0.3) is 0 Å². The van der Waals surface area contributed by atoms with Gasteiger partial charge in [-0.15, -0.1) is 0 Å². The van der Waals surface area contributed by atoms with Gasteiger partial charge in [-0.2, -0.15) is 0 Å². The van der Waals surface area contributed by atoms with Crippen LogP contribution in [0.2, 0.25) is 0 Å². The number of amidine groups is 1. The number of methoxy groups -OCH3 is 1. The molecule has 176 valence electrons. The molecule has 3 heterocycles. The van der Waals surface area contributed by atoms with Gasteiger partial charge in [-0.1, -0.05) is 23.4 Å². The second kappa shape index (κ2) is 9.30. The third-order valence-corrected chi connectivity index (χ3v) is 6.29. The van der Waals surface area contributed by atoms with Crippen molar-refractivity contribution in [3.63, 3.8) is 0 Å². The number of imidazole rings is 1. The summed E-state index contributed by atoms with van der Waals surface area (Å²) >= 11 is 0. The molecule has 2 unspecified atom stereocenters. The molecule has 2 atom stereocenters. The van der Waals surface area contributed by atoms with Crippen molar-refractivity contribution >= 4 is 11.9 Å². The van der Waals surface area contributed by atoms with Crippen molar-refractivity contribution in [2.75, 3.05) is 20.3 Å². The van der Waals surface area contributed by atoms with Gasteiger partial charge in [0, 0.05) is 12.7 Å². The van der Waals surface area contributed by atoms with Gasteiger partial charge < -0.3 is 24.1 Å². The van der Waals surface area contributed by atoms with E-state index in [2.05, 4.69) is 21.1 Å². The molecule has 0 spiro atoms. The van der Waals surface area contributed by atoms with Gasteiger partial charge in [0.2, 0.25) is 0 Å². The molecule has 1 N–H and O–H groups in total. The molecule has 0 amide bonds. The number of aryl methyl sites for hydroxylation is 1. The Morgan fingerprint density at radius 1 is 1.24 bits per heavy atom. The maximum Gasteiger partial charge on any atom is 0.174 e. The number of fused-ring (bicyclic) bond motifs is 1. The van der Waals surface area contributed by atoms with E-state index in [0.717, 1.165) is 59.1 Å². The van der Waals surface area contributed by atoms with E-state index in [1.165, 1.54) is 12.1 Å². The van der Waals surface area contributed by atoms with Crippen molar-refractivity contribution in [3.05, 3.63) is 83.2 Å². The van der Waals surface area contributed by atoms with Crippen LogP contribution in [0.1, 0.15) is 35.7 Å². The zero-order chi connectivity index (χ0) is 23.7. The van der Waals surface area contributed by atoms with Gasteiger partial charge in [-0.25, -0.2) is 9.37 Å². The lowest BCUT2D eigenvalue weighted by molar-refractivity contribution is -0.0496. The molecule has 1 saturated heterocycles. The number of rotatable bonds is 5. The Balaban J connectivity index is 1.48. The number of piperidine rings is 1. The van der Waals surface area contributed by atoms with Crippen molar-refractivity contribution in [3.8, 4) is 11.4 Å². The third-order valence-electron chi connectivity index (χ3n) is 6.29. The van der Waals surface area contributed by atoms with Crippen LogP contribution in [0, 0.1) is 12.7 Å². The fourth-order valence-corrected chi connectivity index (χ4v) is 4.68. The van der Waals surface area contributed by atoms with E-state index in [9.17, 15) is 9.50 Å². The minimum atomic E-state index is -0.522. The van der Waals surface area contributed by atoms with Crippen molar-refractivity contribution in [1.29, 1.82) is 0 Å². The van der Waals surface area contributed by atoms with Crippen LogP contribution in [-0.4, -0.2) is 51.8 Å². The van der Waals surface area contributed by atoms with E-state index in [0.29, 0.717) is 0 Å². The van der Waals surface area contributed by atoms with Crippen LogP contribution in [0.25, 0.3) is 11.8 Å². The van der Waals surface area contributed by atoms with E-state index in [4.69, 9.17) is 9.57 Å². The SMILES string of the molecule is COc1cc(/C=C2\CCCN3C2=NOC(CO)C3c2ccc(F)cc2)ccc1-n1cnc(C)c1. The lowest BCUT2D eigenvalue weighted by Gasteiger charge is -2.43. The molecule has 2 aromatic carbocycles. The number of halogens is 1. The molecule has 8 heteroatoms. The molecule has 1 fully saturated rings. The number of oxime groups is 1. The van der Waals surface area contributed by atoms with Gasteiger partial charge >= 0.3 is 0 Å². The summed E-state index contributed by atoms with van der Waals surface area (Å²) in [5.41, 5.74) is 4.76. The molecular weight excluding hydrogens is 435 g/mol. The number of benzene rings is 2. The highest BCUT2D eigenvalue weighted by molar-refractivity contribution is 6.03. The van der Waals surface area contributed by atoms with Crippen LogP contribution < -0.4 is 4.74 Å². The van der Waals surface area contributed by atoms with Crippen LogP contribution in [0.3, 0.4) is 0 Å². The molecule has 34 heavy (non-hydrogen) atoms. The van der Waals surface area contributed by atoms with Gasteiger partial charge in [-0.3, -0.25) is 0 Å². The van der Waals surface area contributed by atoms with Crippen LogP contribution in [0.5, 0.6) is 5.75 Å². The molecule has 2 aliphatic rings. The molecule has 2 aliphatic heterocycles. The predicted octanol–water partition coefficient (Wildman–Crippen LogP) is 4.25. The monoisotopic (exact) mass is 462 g/mol. The third kappa shape index (κ3) is 4.17. The number of nitrogens with zero attached hydrogens (tertiary/aromatic N) is 4. The number of hydrogen-bond donors (Lipinski definition) is 1. The summed E-state index contributed by atoms with van der Waals surface area (Å²) in [7, 11) is 1.66. The largest absolute Gasteiger partial charge is 0.495 e. The standard InChI is InChI=1S/C26H27FN4O3/c1-17-14-30(16-28-17)22-10-5-18(13-23(22)33-2)12-20-4-3-11-31-25(19-6-8-21(27)9-7-19)24(15-32)34-29-26(20)31/h5-10,12-14,16,24-25,32H,3-4,11,15H2,1-2H3/b20-12+. The summed E-state index contributed by atoms with van der Waals surface area (Å²) in [6.07, 6.45) is 7.09. The lowest BCUT2D eigenvalue weighted by Crippen LogP contribution is -2.49. The summed E-state index contributed by atoms with van der Waals surface area (Å²) < 4.78 is 21.1. The van der Waals surface area contributed by atoms with E-state index < -0.39 is 6.10 Å². The number of aliphatic hydroxyl groups is 1. The second-order valence-corrected chi connectivity index (χ2v) is 8.56. The summed E-state index contributed by atoms with van der Waals surface area (Å²) in [6, 6.07) is 12.2. The summed E-state index contributed by atoms with van der Waals surface area (Å²) in [5.74, 6) is 1.20. The van der Waals surface area contributed by atoms with Gasteiger partial charge in [-0.05, 0) is 66.8 Å². The van der Waals surface area contributed by atoms with Gasteiger partial charge in [0.1, 0.15) is 11.6 Å². The summed E-state index contributed by atoms with van der Waals surface area (Å²) in [4.78, 5) is 12.2. The second-order valence-electron chi connectivity index (χ2n) is 8.56. The molecule has 0 saturated carbocycles. The Kier molecular flexibility index (Phi) is 6.06. The average molecular weight is 463 g/mol. The fourth-order valence-electron chi connectivity index (χ4n) is 4.68. The Morgan fingerprint density at radius 3 is 2.76 bits per heavy atom. The van der Waals surface area contributed by atoms with Crippen molar-refractivity contribution < 1.29 is 19.1 Å². The first-order valence-electron chi connectivity index (χ1n) is 11.3. The van der Waals surface area contributed by atoms with Crippen LogP contribution in [0.15, 0.2) is 65.7 Å².